The first-order chi connectivity index (χ1) is 10.3. The van der Waals surface area contributed by atoms with E-state index < -0.39 is 0 Å². The molecule has 0 radical (unpaired) electrons. The molecular formula is C15H13ClN4S. The number of aromatic nitrogens is 3. The van der Waals surface area contributed by atoms with Crippen molar-refractivity contribution in [2.24, 2.45) is 0 Å². The number of pyridine rings is 1. The van der Waals surface area contributed by atoms with Crippen LogP contribution in [0, 0.1) is 0 Å². The molecule has 106 valence electrons. The maximum absolute atomic E-state index is 5.87. The molecule has 0 spiro atoms. The normalized spacial score (nSPS) is 10.5. The highest BCUT2D eigenvalue weighted by Crippen LogP contribution is 2.16. The van der Waals surface area contributed by atoms with E-state index in [1.807, 2.05) is 42.6 Å². The van der Waals surface area contributed by atoms with Crippen LogP contribution in [0.2, 0.25) is 5.02 Å². The lowest BCUT2D eigenvalue weighted by Gasteiger charge is -2.01. The summed E-state index contributed by atoms with van der Waals surface area (Å²) in [6, 6.07) is 11.7. The van der Waals surface area contributed by atoms with Gasteiger partial charge in [0.25, 0.3) is 0 Å². The first kappa shape index (κ1) is 14.0. The molecule has 0 atom stereocenters. The van der Waals surface area contributed by atoms with E-state index in [0.29, 0.717) is 13.0 Å². The number of halogens is 1. The Morgan fingerprint density at radius 2 is 1.95 bits per heavy atom. The van der Waals surface area contributed by atoms with Gasteiger partial charge in [-0.2, -0.15) is 4.37 Å². The van der Waals surface area contributed by atoms with Gasteiger partial charge in [-0.1, -0.05) is 29.8 Å². The summed E-state index contributed by atoms with van der Waals surface area (Å²) in [6.07, 6.45) is 4.31. The Morgan fingerprint density at radius 3 is 2.71 bits per heavy atom. The van der Waals surface area contributed by atoms with Crippen molar-refractivity contribution in [3.05, 3.63) is 70.8 Å². The summed E-state index contributed by atoms with van der Waals surface area (Å²) in [5.74, 6) is 0.816. The van der Waals surface area contributed by atoms with Crippen LogP contribution in [0.15, 0.2) is 48.8 Å². The Labute approximate surface area is 132 Å². The summed E-state index contributed by atoms with van der Waals surface area (Å²) in [6.45, 7) is 0.698. The molecule has 0 aliphatic heterocycles. The fourth-order valence-electron chi connectivity index (χ4n) is 1.86. The molecule has 0 aliphatic carbocycles. The van der Waals surface area contributed by atoms with Crippen molar-refractivity contribution in [2.75, 3.05) is 5.32 Å². The van der Waals surface area contributed by atoms with Gasteiger partial charge in [0.15, 0.2) is 0 Å². The van der Waals surface area contributed by atoms with Crippen LogP contribution in [0.3, 0.4) is 0 Å². The smallest absolute Gasteiger partial charge is 0.202 e. The van der Waals surface area contributed by atoms with Crippen LogP contribution in [0.1, 0.15) is 17.0 Å². The van der Waals surface area contributed by atoms with E-state index in [1.54, 1.807) is 6.20 Å². The van der Waals surface area contributed by atoms with E-state index in [0.717, 1.165) is 27.1 Å². The first-order valence-electron chi connectivity index (χ1n) is 6.49. The van der Waals surface area contributed by atoms with Crippen LogP contribution >= 0.6 is 23.1 Å². The van der Waals surface area contributed by atoms with Gasteiger partial charge in [0.05, 0.1) is 0 Å². The molecule has 2 heterocycles. The number of benzene rings is 1. The number of rotatable bonds is 5. The van der Waals surface area contributed by atoms with Crippen molar-refractivity contribution >= 4 is 28.3 Å². The van der Waals surface area contributed by atoms with Crippen molar-refractivity contribution in [2.45, 2.75) is 13.0 Å². The monoisotopic (exact) mass is 316 g/mol. The Morgan fingerprint density at radius 1 is 1.10 bits per heavy atom. The lowest BCUT2D eigenvalue weighted by atomic mass is 10.1. The molecule has 1 aromatic carbocycles. The average molecular weight is 317 g/mol. The van der Waals surface area contributed by atoms with Crippen LogP contribution in [-0.4, -0.2) is 14.3 Å². The van der Waals surface area contributed by atoms with Crippen molar-refractivity contribution in [3.8, 4) is 0 Å². The van der Waals surface area contributed by atoms with Gasteiger partial charge < -0.3 is 5.32 Å². The van der Waals surface area contributed by atoms with Crippen molar-refractivity contribution in [1.29, 1.82) is 0 Å². The van der Waals surface area contributed by atoms with Gasteiger partial charge in [-0.3, -0.25) is 4.98 Å². The largest absolute Gasteiger partial charge is 0.356 e. The van der Waals surface area contributed by atoms with Gasteiger partial charge in [0, 0.05) is 41.9 Å². The standard InChI is InChI=1S/C15H13ClN4S/c16-13-5-3-11(4-6-13)8-14-19-15(21-20-14)18-10-12-2-1-7-17-9-12/h1-7,9H,8,10H2,(H,18,19,20). The third-order valence-corrected chi connectivity index (χ3v) is 3.87. The summed E-state index contributed by atoms with van der Waals surface area (Å²) in [5, 5.41) is 4.82. The van der Waals surface area contributed by atoms with Gasteiger partial charge in [0.2, 0.25) is 5.13 Å². The number of nitrogens with zero attached hydrogens (tertiary/aromatic N) is 3. The average Bonchev–Trinajstić information content (AvgIpc) is 2.96. The van der Waals surface area contributed by atoms with E-state index in [2.05, 4.69) is 19.7 Å². The predicted octanol–water partition coefficient (Wildman–Crippen LogP) is 3.79. The zero-order valence-corrected chi connectivity index (χ0v) is 12.7. The second-order valence-electron chi connectivity index (χ2n) is 4.53. The van der Waals surface area contributed by atoms with Gasteiger partial charge in [-0.15, -0.1) is 0 Å². The molecular weight excluding hydrogens is 304 g/mol. The molecule has 0 fully saturated rings. The van der Waals surface area contributed by atoms with Crippen LogP contribution in [0.25, 0.3) is 0 Å². The third kappa shape index (κ3) is 4.00. The maximum atomic E-state index is 5.87. The minimum atomic E-state index is 0.698. The predicted molar refractivity (Wildman–Crippen MR) is 85.7 cm³/mol. The van der Waals surface area contributed by atoms with Crippen LogP contribution < -0.4 is 5.32 Å². The molecule has 21 heavy (non-hydrogen) atoms. The van der Waals surface area contributed by atoms with Crippen LogP contribution in [0.5, 0.6) is 0 Å². The second kappa shape index (κ2) is 6.65. The maximum Gasteiger partial charge on any atom is 0.202 e. The molecule has 2 aromatic heterocycles. The third-order valence-electron chi connectivity index (χ3n) is 2.91. The lowest BCUT2D eigenvalue weighted by Crippen LogP contribution is -1.99. The van der Waals surface area contributed by atoms with E-state index in [4.69, 9.17) is 11.6 Å². The summed E-state index contributed by atoms with van der Waals surface area (Å²) in [7, 11) is 0. The molecule has 3 rings (SSSR count). The van der Waals surface area contributed by atoms with Crippen LogP contribution in [-0.2, 0) is 13.0 Å². The Kier molecular flexibility index (Phi) is 4.43. The Bertz CT molecular complexity index is 697. The highest BCUT2D eigenvalue weighted by molar-refractivity contribution is 7.09. The molecule has 0 unspecified atom stereocenters. The fourth-order valence-corrected chi connectivity index (χ4v) is 2.57. The number of hydrogen-bond donors (Lipinski definition) is 1. The van der Waals surface area contributed by atoms with Crippen molar-refractivity contribution in [3.63, 3.8) is 0 Å². The Balaban J connectivity index is 1.59. The molecule has 0 saturated carbocycles. The highest BCUT2D eigenvalue weighted by atomic mass is 35.5. The SMILES string of the molecule is Clc1ccc(Cc2nsc(NCc3cccnc3)n2)cc1. The second-order valence-corrected chi connectivity index (χ2v) is 5.72. The van der Waals surface area contributed by atoms with Crippen molar-refractivity contribution in [1.82, 2.24) is 14.3 Å². The Hall–Kier alpha value is -1.98. The van der Waals surface area contributed by atoms with E-state index in [1.165, 1.54) is 11.5 Å². The topological polar surface area (TPSA) is 50.7 Å². The van der Waals surface area contributed by atoms with Gasteiger partial charge in [-0.25, -0.2) is 4.98 Å². The summed E-state index contributed by atoms with van der Waals surface area (Å²) in [5.41, 5.74) is 2.27. The van der Waals surface area contributed by atoms with E-state index in [-0.39, 0.29) is 0 Å². The molecule has 4 nitrogen and oxygen atoms in total. The zero-order valence-electron chi connectivity index (χ0n) is 11.2. The van der Waals surface area contributed by atoms with Gasteiger partial charge in [-0.05, 0) is 29.3 Å². The minimum Gasteiger partial charge on any atom is -0.356 e. The molecule has 1 N–H and O–H groups in total. The van der Waals surface area contributed by atoms with Crippen LogP contribution in [0.4, 0.5) is 5.13 Å². The van der Waals surface area contributed by atoms with Gasteiger partial charge >= 0.3 is 0 Å². The molecule has 6 heteroatoms. The molecule has 3 aromatic rings. The van der Waals surface area contributed by atoms with E-state index in [9.17, 15) is 0 Å². The number of nitrogens with one attached hydrogen (secondary N) is 1. The zero-order chi connectivity index (χ0) is 14.5. The van der Waals surface area contributed by atoms with E-state index >= 15 is 0 Å². The summed E-state index contributed by atoms with van der Waals surface area (Å²) < 4.78 is 4.37. The van der Waals surface area contributed by atoms with Crippen molar-refractivity contribution < 1.29 is 0 Å². The highest BCUT2D eigenvalue weighted by Gasteiger charge is 2.05. The quantitative estimate of drug-likeness (QED) is 0.778. The first-order valence-corrected chi connectivity index (χ1v) is 7.64. The lowest BCUT2D eigenvalue weighted by molar-refractivity contribution is 1.02. The minimum absolute atomic E-state index is 0.698. The number of hydrogen-bond acceptors (Lipinski definition) is 5. The number of anilines is 1. The summed E-state index contributed by atoms with van der Waals surface area (Å²) in [4.78, 5) is 8.57. The molecule has 0 aliphatic rings. The van der Waals surface area contributed by atoms with Gasteiger partial charge in [0.1, 0.15) is 5.82 Å². The fraction of sp³-hybridized carbons (Fsp3) is 0.133. The molecule has 0 saturated heterocycles. The molecule has 0 bridgehead atoms. The summed E-state index contributed by atoms with van der Waals surface area (Å²) >= 11 is 7.25. The molecule has 0 amide bonds.